The first-order valence-electron chi connectivity index (χ1n) is 5.76. The zero-order chi connectivity index (χ0) is 10.2. The molecular formula is C12H26O. The highest BCUT2D eigenvalue weighted by molar-refractivity contribution is 4.76. The molecule has 0 spiro atoms. The van der Waals surface area contributed by atoms with Gasteiger partial charge in [0.25, 0.3) is 0 Å². The van der Waals surface area contributed by atoms with Crippen molar-refractivity contribution in [3.8, 4) is 0 Å². The fraction of sp³-hybridized carbons (Fsp3) is 1.00. The molecule has 0 unspecified atom stereocenters. The fourth-order valence-electron chi connectivity index (χ4n) is 2.07. The van der Waals surface area contributed by atoms with E-state index in [-0.39, 0.29) is 0 Å². The van der Waals surface area contributed by atoms with Gasteiger partial charge in [0.2, 0.25) is 0 Å². The molecule has 0 bridgehead atoms. The van der Waals surface area contributed by atoms with Crippen LogP contribution in [0.4, 0.5) is 0 Å². The van der Waals surface area contributed by atoms with Crippen molar-refractivity contribution < 1.29 is 4.74 Å². The lowest BCUT2D eigenvalue weighted by atomic mass is 9.83. The Morgan fingerprint density at radius 2 is 1.46 bits per heavy atom. The van der Waals surface area contributed by atoms with E-state index in [9.17, 15) is 0 Å². The molecule has 1 saturated carbocycles. The van der Waals surface area contributed by atoms with E-state index in [1.807, 2.05) is 21.0 Å². The summed E-state index contributed by atoms with van der Waals surface area (Å²) in [5.41, 5.74) is 0.491. The minimum Gasteiger partial charge on any atom is -0.384 e. The maximum Gasteiger partial charge on any atom is 0.0515 e. The number of ether oxygens (including phenoxy) is 1. The van der Waals surface area contributed by atoms with Gasteiger partial charge in [0.05, 0.1) is 6.61 Å². The molecule has 0 saturated heterocycles. The fourth-order valence-corrected chi connectivity index (χ4v) is 2.07. The van der Waals surface area contributed by atoms with Crippen LogP contribution in [0, 0.1) is 5.41 Å². The number of methoxy groups -OCH3 is 1. The molecule has 0 aliphatic heterocycles. The lowest BCUT2D eigenvalue weighted by molar-refractivity contribution is 0.0804. The average molecular weight is 186 g/mol. The van der Waals surface area contributed by atoms with Crippen LogP contribution in [0.1, 0.15) is 59.3 Å². The summed E-state index contributed by atoms with van der Waals surface area (Å²) in [6, 6.07) is 0. The summed E-state index contributed by atoms with van der Waals surface area (Å²) in [6.45, 7) is 7.31. The molecule has 0 aromatic heterocycles. The first kappa shape index (κ1) is 13.0. The van der Waals surface area contributed by atoms with Crippen LogP contribution in [-0.4, -0.2) is 13.7 Å². The number of hydrogen-bond donors (Lipinski definition) is 0. The van der Waals surface area contributed by atoms with Crippen LogP contribution >= 0.6 is 0 Å². The highest BCUT2D eigenvalue weighted by Gasteiger charge is 2.24. The van der Waals surface area contributed by atoms with Crippen molar-refractivity contribution in [2.45, 2.75) is 59.3 Å². The van der Waals surface area contributed by atoms with Crippen molar-refractivity contribution in [1.29, 1.82) is 0 Å². The topological polar surface area (TPSA) is 9.23 Å². The molecule has 0 atom stereocenters. The Hall–Kier alpha value is -0.0400. The Morgan fingerprint density at radius 3 is 1.85 bits per heavy atom. The Bertz CT molecular complexity index is 102. The van der Waals surface area contributed by atoms with Crippen molar-refractivity contribution in [3.05, 3.63) is 0 Å². The van der Waals surface area contributed by atoms with Gasteiger partial charge in [0, 0.05) is 7.11 Å². The first-order valence-corrected chi connectivity index (χ1v) is 5.76. The van der Waals surface area contributed by atoms with Gasteiger partial charge in [-0.05, 0) is 18.3 Å². The zero-order valence-corrected chi connectivity index (χ0v) is 9.86. The highest BCUT2D eigenvalue weighted by atomic mass is 16.5. The summed E-state index contributed by atoms with van der Waals surface area (Å²) in [5.74, 6) is 0. The van der Waals surface area contributed by atoms with Gasteiger partial charge in [-0.2, -0.15) is 0 Å². The maximum absolute atomic E-state index is 5.24. The van der Waals surface area contributed by atoms with E-state index in [0.29, 0.717) is 5.41 Å². The van der Waals surface area contributed by atoms with Crippen molar-refractivity contribution in [3.63, 3.8) is 0 Å². The standard InChI is InChI=1S/C10H20O.C2H6/c1-10(9-11-2)7-5-3-4-6-8-10;1-2/h3-9H2,1-2H3;1-2H3. The smallest absolute Gasteiger partial charge is 0.0515 e. The molecule has 1 heteroatoms. The molecule has 0 N–H and O–H groups in total. The molecule has 1 fully saturated rings. The first-order chi connectivity index (χ1) is 6.27. The second kappa shape index (κ2) is 7.37. The van der Waals surface area contributed by atoms with Gasteiger partial charge in [0.15, 0.2) is 0 Å². The van der Waals surface area contributed by atoms with Crippen molar-refractivity contribution in [2.24, 2.45) is 5.41 Å². The second-order valence-corrected chi connectivity index (χ2v) is 4.16. The molecule has 0 radical (unpaired) electrons. The third-order valence-electron chi connectivity index (χ3n) is 2.80. The van der Waals surface area contributed by atoms with E-state index in [1.54, 1.807) is 0 Å². The van der Waals surface area contributed by atoms with Crippen LogP contribution in [-0.2, 0) is 4.74 Å². The van der Waals surface area contributed by atoms with Crippen LogP contribution in [0.2, 0.25) is 0 Å². The summed E-state index contributed by atoms with van der Waals surface area (Å²) >= 11 is 0. The van der Waals surface area contributed by atoms with E-state index < -0.39 is 0 Å². The van der Waals surface area contributed by atoms with E-state index in [1.165, 1.54) is 38.5 Å². The van der Waals surface area contributed by atoms with Crippen molar-refractivity contribution in [2.75, 3.05) is 13.7 Å². The molecule has 0 aromatic rings. The van der Waals surface area contributed by atoms with E-state index >= 15 is 0 Å². The second-order valence-electron chi connectivity index (χ2n) is 4.16. The summed E-state index contributed by atoms with van der Waals surface area (Å²) in [5, 5.41) is 0. The molecule has 1 aliphatic carbocycles. The predicted molar refractivity (Wildman–Crippen MR) is 59.0 cm³/mol. The Kier molecular flexibility index (Phi) is 7.35. The van der Waals surface area contributed by atoms with Crippen molar-refractivity contribution >= 4 is 0 Å². The maximum atomic E-state index is 5.24. The Balaban J connectivity index is 0.000000671. The highest BCUT2D eigenvalue weighted by Crippen LogP contribution is 2.34. The third kappa shape index (κ3) is 5.30. The molecule has 1 nitrogen and oxygen atoms in total. The van der Waals surface area contributed by atoms with Crippen LogP contribution in [0.5, 0.6) is 0 Å². The van der Waals surface area contributed by atoms with Gasteiger partial charge in [-0.15, -0.1) is 0 Å². The molecule has 0 heterocycles. The molecule has 80 valence electrons. The third-order valence-corrected chi connectivity index (χ3v) is 2.80. The van der Waals surface area contributed by atoms with E-state index in [2.05, 4.69) is 6.92 Å². The van der Waals surface area contributed by atoms with Crippen LogP contribution < -0.4 is 0 Å². The molecule has 1 aliphatic rings. The van der Waals surface area contributed by atoms with Gasteiger partial charge < -0.3 is 4.74 Å². The molecule has 0 amide bonds. The van der Waals surface area contributed by atoms with Crippen molar-refractivity contribution in [1.82, 2.24) is 0 Å². The Labute approximate surface area is 83.9 Å². The predicted octanol–water partition coefficient (Wildman–Crippen LogP) is 4.02. The summed E-state index contributed by atoms with van der Waals surface area (Å²) in [6.07, 6.45) is 8.39. The minimum absolute atomic E-state index is 0.491. The van der Waals surface area contributed by atoms with Gasteiger partial charge in [-0.3, -0.25) is 0 Å². The summed E-state index contributed by atoms with van der Waals surface area (Å²) in [4.78, 5) is 0. The lowest BCUT2D eigenvalue weighted by Crippen LogP contribution is -2.21. The summed E-state index contributed by atoms with van der Waals surface area (Å²) in [7, 11) is 1.82. The number of rotatable bonds is 2. The van der Waals surface area contributed by atoms with E-state index in [4.69, 9.17) is 4.74 Å². The van der Waals surface area contributed by atoms with Crippen LogP contribution in [0.15, 0.2) is 0 Å². The van der Waals surface area contributed by atoms with Gasteiger partial charge in [-0.1, -0.05) is 46.5 Å². The molecule has 13 heavy (non-hydrogen) atoms. The van der Waals surface area contributed by atoms with E-state index in [0.717, 1.165) is 6.61 Å². The van der Waals surface area contributed by atoms with Gasteiger partial charge >= 0.3 is 0 Å². The normalized spacial score (nSPS) is 21.2. The lowest BCUT2D eigenvalue weighted by Gasteiger charge is -2.26. The summed E-state index contributed by atoms with van der Waals surface area (Å²) < 4.78 is 5.24. The molecule has 1 rings (SSSR count). The average Bonchev–Trinajstić information content (AvgIpc) is 2.34. The largest absolute Gasteiger partial charge is 0.384 e. The Morgan fingerprint density at radius 1 is 1.00 bits per heavy atom. The van der Waals surface area contributed by atoms with Gasteiger partial charge in [-0.25, -0.2) is 0 Å². The molecular weight excluding hydrogens is 160 g/mol. The van der Waals surface area contributed by atoms with Crippen LogP contribution in [0.25, 0.3) is 0 Å². The minimum atomic E-state index is 0.491. The SMILES string of the molecule is CC.COCC1(C)CCCCCC1. The quantitative estimate of drug-likeness (QED) is 0.592. The van der Waals surface area contributed by atoms with Crippen LogP contribution in [0.3, 0.4) is 0 Å². The zero-order valence-electron chi connectivity index (χ0n) is 9.86. The number of hydrogen-bond acceptors (Lipinski definition) is 1. The molecule has 0 aromatic carbocycles. The monoisotopic (exact) mass is 186 g/mol. The van der Waals surface area contributed by atoms with Gasteiger partial charge in [0.1, 0.15) is 0 Å².